The van der Waals surface area contributed by atoms with Crippen LogP contribution in [-0.2, 0) is 6.42 Å². The highest BCUT2D eigenvalue weighted by Gasteiger charge is 2.26. The predicted octanol–water partition coefficient (Wildman–Crippen LogP) is 2.87. The molecule has 124 valence electrons. The van der Waals surface area contributed by atoms with Gasteiger partial charge in [-0.2, -0.15) is 5.10 Å². The van der Waals surface area contributed by atoms with Crippen molar-refractivity contribution in [3.63, 3.8) is 0 Å². The average Bonchev–Trinajstić information content (AvgIpc) is 3.05. The number of hydrogen-bond acceptors (Lipinski definition) is 3. The van der Waals surface area contributed by atoms with E-state index in [1.165, 1.54) is 16.6 Å². The maximum Gasteiger partial charge on any atom is 0.0694 e. The van der Waals surface area contributed by atoms with Gasteiger partial charge in [-0.3, -0.25) is 4.90 Å². The van der Waals surface area contributed by atoms with Crippen LogP contribution in [-0.4, -0.2) is 52.6 Å². The van der Waals surface area contributed by atoms with Gasteiger partial charge in [-0.1, -0.05) is 36.4 Å². The monoisotopic (exact) mass is 320 g/mol. The van der Waals surface area contributed by atoms with Crippen molar-refractivity contribution in [1.82, 2.24) is 19.4 Å². The Bertz CT molecular complexity index is 796. The Morgan fingerprint density at radius 3 is 2.75 bits per heavy atom. The second-order valence-electron chi connectivity index (χ2n) is 6.67. The molecule has 3 heterocycles. The van der Waals surface area contributed by atoms with E-state index in [4.69, 9.17) is 0 Å². The first kappa shape index (κ1) is 15.4. The van der Waals surface area contributed by atoms with Crippen LogP contribution in [0.3, 0.4) is 0 Å². The van der Waals surface area contributed by atoms with E-state index in [1.54, 1.807) is 0 Å². The summed E-state index contributed by atoms with van der Waals surface area (Å²) in [5, 5.41) is 4.46. The zero-order valence-electron chi connectivity index (χ0n) is 14.2. The van der Waals surface area contributed by atoms with Gasteiger partial charge in [0.05, 0.1) is 11.7 Å². The fourth-order valence-corrected chi connectivity index (χ4v) is 3.66. The summed E-state index contributed by atoms with van der Waals surface area (Å²) in [6.07, 6.45) is 5.07. The highest BCUT2D eigenvalue weighted by molar-refractivity contribution is 5.53. The molecule has 1 saturated heterocycles. The summed E-state index contributed by atoms with van der Waals surface area (Å²) in [6.45, 7) is 4.43. The second-order valence-corrected chi connectivity index (χ2v) is 6.67. The number of piperazine rings is 1. The molecule has 1 aliphatic heterocycles. The number of benzene rings is 1. The second kappa shape index (κ2) is 6.75. The smallest absolute Gasteiger partial charge is 0.0694 e. The molecule has 0 N–H and O–H groups in total. The molecule has 1 fully saturated rings. The van der Waals surface area contributed by atoms with Gasteiger partial charge < -0.3 is 4.90 Å². The minimum Gasteiger partial charge on any atom is -0.303 e. The summed E-state index contributed by atoms with van der Waals surface area (Å²) in [4.78, 5) is 5.06. The van der Waals surface area contributed by atoms with Crippen molar-refractivity contribution in [3.8, 4) is 0 Å². The minimum absolute atomic E-state index is 0.479. The molecule has 4 rings (SSSR count). The van der Waals surface area contributed by atoms with E-state index >= 15 is 0 Å². The Kier molecular flexibility index (Phi) is 4.32. The van der Waals surface area contributed by atoms with Gasteiger partial charge in [0.15, 0.2) is 0 Å². The third kappa shape index (κ3) is 3.07. The number of likely N-dealkylation sites (N-methyl/N-ethyl adjacent to an activating group) is 1. The maximum atomic E-state index is 4.46. The van der Waals surface area contributed by atoms with E-state index in [1.807, 2.05) is 23.0 Å². The maximum absolute atomic E-state index is 4.46. The Morgan fingerprint density at radius 2 is 1.88 bits per heavy atom. The molecular formula is C20H24N4. The summed E-state index contributed by atoms with van der Waals surface area (Å²) in [7, 11) is 2.22. The Labute approximate surface area is 143 Å². The van der Waals surface area contributed by atoms with Crippen LogP contribution in [0.2, 0.25) is 0 Å². The average molecular weight is 320 g/mol. The first-order valence-electron chi connectivity index (χ1n) is 8.70. The summed E-state index contributed by atoms with van der Waals surface area (Å²) >= 11 is 0. The Morgan fingerprint density at radius 1 is 1.04 bits per heavy atom. The van der Waals surface area contributed by atoms with Gasteiger partial charge in [0.1, 0.15) is 0 Å². The molecule has 0 aliphatic carbocycles. The first-order valence-corrected chi connectivity index (χ1v) is 8.70. The summed E-state index contributed by atoms with van der Waals surface area (Å²) in [5.41, 5.74) is 3.98. The fraction of sp³-hybridized carbons (Fsp3) is 0.350. The van der Waals surface area contributed by atoms with Crippen molar-refractivity contribution in [1.29, 1.82) is 0 Å². The van der Waals surface area contributed by atoms with Crippen LogP contribution in [0, 0.1) is 0 Å². The van der Waals surface area contributed by atoms with Crippen LogP contribution in [0.15, 0.2) is 60.9 Å². The third-order valence-corrected chi connectivity index (χ3v) is 5.05. The lowest BCUT2D eigenvalue weighted by atomic mass is 10.0. The molecule has 1 aliphatic rings. The molecule has 1 atom stereocenters. The molecule has 3 aromatic rings. The standard InChI is InChI=1S/C20H24N4/c1-22-13-14-23(20(16-22)17-7-3-2-4-8-17)12-10-18-15-21-24-11-6-5-9-19(18)24/h2-9,11,15,20H,10,12-14,16H2,1H3. The van der Waals surface area contributed by atoms with Gasteiger partial charge in [-0.25, -0.2) is 4.52 Å². The molecule has 1 aromatic carbocycles. The van der Waals surface area contributed by atoms with E-state index in [-0.39, 0.29) is 0 Å². The molecule has 4 nitrogen and oxygen atoms in total. The molecule has 1 unspecified atom stereocenters. The van der Waals surface area contributed by atoms with E-state index in [0.29, 0.717) is 6.04 Å². The number of hydrogen-bond donors (Lipinski definition) is 0. The van der Waals surface area contributed by atoms with Gasteiger partial charge in [0.25, 0.3) is 0 Å². The zero-order chi connectivity index (χ0) is 16.4. The zero-order valence-corrected chi connectivity index (χ0v) is 14.2. The first-order chi connectivity index (χ1) is 11.8. The minimum atomic E-state index is 0.479. The molecule has 0 saturated carbocycles. The molecule has 2 aromatic heterocycles. The van der Waals surface area contributed by atoms with Crippen LogP contribution >= 0.6 is 0 Å². The molecule has 0 bridgehead atoms. The summed E-state index contributed by atoms with van der Waals surface area (Å²) in [5.74, 6) is 0. The van der Waals surface area contributed by atoms with Crippen LogP contribution in [0.4, 0.5) is 0 Å². The van der Waals surface area contributed by atoms with E-state index < -0.39 is 0 Å². The summed E-state index contributed by atoms with van der Waals surface area (Å²) < 4.78 is 1.97. The lowest BCUT2D eigenvalue weighted by molar-refractivity contribution is 0.0910. The topological polar surface area (TPSA) is 23.8 Å². The SMILES string of the molecule is CN1CCN(CCc2cnn3ccccc23)C(c2ccccc2)C1. The van der Waals surface area contributed by atoms with Gasteiger partial charge >= 0.3 is 0 Å². The van der Waals surface area contributed by atoms with Crippen LogP contribution in [0.1, 0.15) is 17.2 Å². The Hall–Kier alpha value is -2.17. The normalized spacial score (nSPS) is 19.8. The van der Waals surface area contributed by atoms with Gasteiger partial charge in [0.2, 0.25) is 0 Å². The van der Waals surface area contributed by atoms with Crippen molar-refractivity contribution in [2.45, 2.75) is 12.5 Å². The van der Waals surface area contributed by atoms with E-state index in [9.17, 15) is 0 Å². The molecule has 4 heteroatoms. The number of nitrogens with zero attached hydrogens (tertiary/aromatic N) is 4. The lowest BCUT2D eigenvalue weighted by Gasteiger charge is -2.40. The Balaban J connectivity index is 1.51. The molecule has 0 radical (unpaired) electrons. The lowest BCUT2D eigenvalue weighted by Crippen LogP contribution is -2.47. The van der Waals surface area contributed by atoms with E-state index in [2.05, 4.69) is 64.4 Å². The van der Waals surface area contributed by atoms with E-state index in [0.717, 1.165) is 32.6 Å². The van der Waals surface area contributed by atoms with Crippen LogP contribution in [0.5, 0.6) is 0 Å². The van der Waals surface area contributed by atoms with Gasteiger partial charge in [-0.15, -0.1) is 0 Å². The number of aromatic nitrogens is 2. The van der Waals surface area contributed by atoms with Crippen molar-refractivity contribution in [2.24, 2.45) is 0 Å². The highest BCUT2D eigenvalue weighted by Crippen LogP contribution is 2.25. The highest BCUT2D eigenvalue weighted by atomic mass is 15.3. The van der Waals surface area contributed by atoms with Gasteiger partial charge in [0, 0.05) is 38.4 Å². The largest absolute Gasteiger partial charge is 0.303 e. The third-order valence-electron chi connectivity index (χ3n) is 5.05. The molecule has 24 heavy (non-hydrogen) atoms. The van der Waals surface area contributed by atoms with Crippen LogP contribution in [0.25, 0.3) is 5.52 Å². The van der Waals surface area contributed by atoms with Crippen molar-refractivity contribution in [2.75, 3.05) is 33.2 Å². The molecule has 0 spiro atoms. The predicted molar refractivity (Wildman–Crippen MR) is 97.1 cm³/mol. The number of rotatable bonds is 4. The quantitative estimate of drug-likeness (QED) is 0.738. The molecular weight excluding hydrogens is 296 g/mol. The van der Waals surface area contributed by atoms with Gasteiger partial charge in [-0.05, 0) is 36.7 Å². The summed E-state index contributed by atoms with van der Waals surface area (Å²) in [6, 6.07) is 17.6. The molecule has 0 amide bonds. The van der Waals surface area contributed by atoms with Crippen molar-refractivity contribution >= 4 is 5.52 Å². The number of fused-ring (bicyclic) bond motifs is 1. The van der Waals surface area contributed by atoms with Crippen LogP contribution < -0.4 is 0 Å². The number of pyridine rings is 1. The van der Waals surface area contributed by atoms with Crippen molar-refractivity contribution < 1.29 is 0 Å². The van der Waals surface area contributed by atoms with Crippen molar-refractivity contribution in [3.05, 3.63) is 72.1 Å². The fourth-order valence-electron chi connectivity index (χ4n) is 3.66.